The van der Waals surface area contributed by atoms with Crippen LogP contribution in [0.5, 0.6) is 28.7 Å². The first-order valence-electron chi connectivity index (χ1n) is 12.2. The van der Waals surface area contributed by atoms with E-state index in [1.165, 1.54) is 24.3 Å². The highest BCUT2D eigenvalue weighted by Gasteiger charge is 2.42. The van der Waals surface area contributed by atoms with Gasteiger partial charge >= 0.3 is 7.60 Å². The van der Waals surface area contributed by atoms with Gasteiger partial charge in [-0.15, -0.1) is 0 Å². The van der Waals surface area contributed by atoms with Gasteiger partial charge in [-0.05, 0) is 66.2 Å². The fraction of sp³-hybridized carbons (Fsp3) is 0.0323. The summed E-state index contributed by atoms with van der Waals surface area (Å²) in [7, 11) is -4.20. The standard InChI is InChI=1S/C31H25FNO5P/c32-27-21-20-23(22-30(27)36-24-12-4-1-5-13-24)31(33-28-18-10-11-19-29(28)34)39(35,37-25-14-6-2-7-15-25)38-26-16-8-3-9-17-26/h1-22,31,33-34H. The average molecular weight is 542 g/mol. The lowest BCUT2D eigenvalue weighted by atomic mass is 10.2. The molecule has 0 bridgehead atoms. The van der Waals surface area contributed by atoms with Crippen molar-refractivity contribution in [1.29, 1.82) is 0 Å². The summed E-state index contributed by atoms with van der Waals surface area (Å²) in [6.07, 6.45) is 0. The molecule has 0 heterocycles. The summed E-state index contributed by atoms with van der Waals surface area (Å²) >= 11 is 0. The van der Waals surface area contributed by atoms with Gasteiger partial charge in [0.25, 0.3) is 0 Å². The van der Waals surface area contributed by atoms with Crippen LogP contribution in [-0.2, 0) is 4.57 Å². The third-order valence-corrected chi connectivity index (χ3v) is 7.70. The van der Waals surface area contributed by atoms with Crippen molar-refractivity contribution in [2.24, 2.45) is 0 Å². The molecule has 5 aromatic carbocycles. The van der Waals surface area contributed by atoms with Crippen molar-refractivity contribution in [2.45, 2.75) is 5.78 Å². The average Bonchev–Trinajstić information content (AvgIpc) is 2.95. The van der Waals surface area contributed by atoms with E-state index in [4.69, 9.17) is 13.8 Å². The van der Waals surface area contributed by atoms with Gasteiger partial charge in [-0.3, -0.25) is 0 Å². The second-order valence-electron chi connectivity index (χ2n) is 8.52. The number of para-hydroxylation sites is 5. The third kappa shape index (κ3) is 6.40. The van der Waals surface area contributed by atoms with Gasteiger partial charge < -0.3 is 24.2 Å². The van der Waals surface area contributed by atoms with Gasteiger partial charge in [0.15, 0.2) is 17.3 Å². The largest absolute Gasteiger partial charge is 0.506 e. The number of aromatic hydroxyl groups is 1. The Morgan fingerprint density at radius 2 is 1.18 bits per heavy atom. The van der Waals surface area contributed by atoms with Crippen LogP contribution in [-0.4, -0.2) is 5.11 Å². The Morgan fingerprint density at radius 3 is 1.74 bits per heavy atom. The van der Waals surface area contributed by atoms with Gasteiger partial charge in [-0.2, -0.15) is 0 Å². The quantitative estimate of drug-likeness (QED) is 0.136. The number of ether oxygens (including phenoxy) is 1. The summed E-state index contributed by atoms with van der Waals surface area (Å²) in [5.74, 6) is -0.891. The van der Waals surface area contributed by atoms with Crippen LogP contribution >= 0.6 is 7.60 Å². The number of benzene rings is 5. The summed E-state index contributed by atoms with van der Waals surface area (Å²) in [4.78, 5) is 0. The van der Waals surface area contributed by atoms with Gasteiger partial charge in [-0.25, -0.2) is 8.96 Å². The Hall–Kier alpha value is -4.74. The Kier molecular flexibility index (Phi) is 7.80. The third-order valence-electron chi connectivity index (χ3n) is 5.71. The molecule has 2 N–H and O–H groups in total. The number of nitrogens with one attached hydrogen (secondary N) is 1. The molecule has 39 heavy (non-hydrogen) atoms. The number of anilines is 1. The molecule has 0 fully saturated rings. The topological polar surface area (TPSA) is 77.0 Å². The fourth-order valence-corrected chi connectivity index (χ4v) is 5.75. The maximum absolute atomic E-state index is 14.9. The molecular formula is C31H25FNO5P. The van der Waals surface area contributed by atoms with Gasteiger partial charge in [0.1, 0.15) is 23.0 Å². The monoisotopic (exact) mass is 541 g/mol. The second kappa shape index (κ2) is 11.8. The van der Waals surface area contributed by atoms with Gasteiger partial charge in [0.05, 0.1) is 5.69 Å². The molecule has 0 aromatic heterocycles. The number of halogens is 1. The lowest BCUT2D eigenvalue weighted by Gasteiger charge is -2.29. The van der Waals surface area contributed by atoms with E-state index in [2.05, 4.69) is 5.32 Å². The molecule has 0 saturated heterocycles. The van der Waals surface area contributed by atoms with Crippen LogP contribution in [0.25, 0.3) is 0 Å². The van der Waals surface area contributed by atoms with Crippen LogP contribution < -0.4 is 19.1 Å². The summed E-state index contributed by atoms with van der Waals surface area (Å²) in [5, 5.41) is 13.6. The van der Waals surface area contributed by atoms with Crippen molar-refractivity contribution < 1.29 is 27.8 Å². The van der Waals surface area contributed by atoms with E-state index < -0.39 is 19.2 Å². The van der Waals surface area contributed by atoms with Crippen LogP contribution in [0.15, 0.2) is 133 Å². The maximum atomic E-state index is 14.9. The maximum Gasteiger partial charge on any atom is 0.457 e. The van der Waals surface area contributed by atoms with E-state index in [-0.39, 0.29) is 17.2 Å². The van der Waals surface area contributed by atoms with E-state index in [9.17, 15) is 14.1 Å². The number of hydrogen-bond acceptors (Lipinski definition) is 6. The lowest BCUT2D eigenvalue weighted by molar-refractivity contribution is 0.376. The normalized spacial score (nSPS) is 11.8. The first-order valence-corrected chi connectivity index (χ1v) is 13.8. The number of rotatable bonds is 10. The molecule has 0 aliphatic rings. The Balaban J connectivity index is 1.62. The zero-order valence-electron chi connectivity index (χ0n) is 20.7. The van der Waals surface area contributed by atoms with Crippen molar-refractivity contribution in [2.75, 3.05) is 5.32 Å². The molecule has 1 unspecified atom stereocenters. The van der Waals surface area contributed by atoms with Crippen molar-refractivity contribution in [1.82, 2.24) is 0 Å². The zero-order chi connectivity index (χ0) is 27.1. The minimum Gasteiger partial charge on any atom is -0.506 e. The number of hydrogen-bond donors (Lipinski definition) is 2. The summed E-state index contributed by atoms with van der Waals surface area (Å²) in [6.45, 7) is 0. The van der Waals surface area contributed by atoms with Crippen LogP contribution in [0.3, 0.4) is 0 Å². The fourth-order valence-electron chi connectivity index (χ4n) is 3.85. The van der Waals surface area contributed by atoms with Gasteiger partial charge in [0, 0.05) is 0 Å². The van der Waals surface area contributed by atoms with Crippen LogP contribution in [0, 0.1) is 5.82 Å². The van der Waals surface area contributed by atoms with Crippen molar-refractivity contribution in [3.8, 4) is 28.7 Å². The molecule has 196 valence electrons. The molecule has 0 aliphatic carbocycles. The Morgan fingerprint density at radius 1 is 0.667 bits per heavy atom. The zero-order valence-corrected chi connectivity index (χ0v) is 21.6. The van der Waals surface area contributed by atoms with E-state index in [0.29, 0.717) is 22.8 Å². The van der Waals surface area contributed by atoms with Crippen LogP contribution in [0.2, 0.25) is 0 Å². The number of phenolic OH excluding ortho intramolecular Hbond substituents is 1. The first kappa shape index (κ1) is 25.9. The minimum atomic E-state index is -4.20. The molecule has 5 rings (SSSR count). The van der Waals surface area contributed by atoms with Crippen LogP contribution in [0.1, 0.15) is 11.3 Å². The van der Waals surface area contributed by atoms with Crippen molar-refractivity contribution in [3.05, 3.63) is 145 Å². The molecule has 8 heteroatoms. The van der Waals surface area contributed by atoms with Crippen LogP contribution in [0.4, 0.5) is 10.1 Å². The highest BCUT2D eigenvalue weighted by atomic mass is 31.2. The van der Waals surface area contributed by atoms with E-state index in [0.717, 1.165) is 0 Å². The molecule has 0 radical (unpaired) electrons. The minimum absolute atomic E-state index is 0.0728. The van der Waals surface area contributed by atoms with E-state index >= 15 is 0 Å². The molecule has 0 saturated carbocycles. The Bertz CT molecular complexity index is 1520. The van der Waals surface area contributed by atoms with Gasteiger partial charge in [-0.1, -0.05) is 72.8 Å². The summed E-state index contributed by atoms with van der Waals surface area (Å²) < 4.78 is 47.6. The highest BCUT2D eigenvalue weighted by Crippen LogP contribution is 2.60. The Labute approximate surface area is 225 Å². The molecular weight excluding hydrogens is 516 g/mol. The van der Waals surface area contributed by atoms with Gasteiger partial charge in [0.2, 0.25) is 0 Å². The number of phenols is 1. The summed E-state index contributed by atoms with van der Waals surface area (Å²) in [5.41, 5.74) is 0.631. The molecule has 0 spiro atoms. The predicted octanol–water partition coefficient (Wildman–Crippen LogP) is 8.79. The van der Waals surface area contributed by atoms with Crippen molar-refractivity contribution in [3.63, 3.8) is 0 Å². The van der Waals surface area contributed by atoms with E-state index in [1.54, 1.807) is 103 Å². The molecule has 0 amide bonds. The first-order chi connectivity index (χ1) is 19.0. The van der Waals surface area contributed by atoms with E-state index in [1.807, 2.05) is 6.07 Å². The smallest absolute Gasteiger partial charge is 0.457 e. The molecule has 0 aliphatic heterocycles. The molecule has 5 aromatic rings. The summed E-state index contributed by atoms with van der Waals surface area (Å²) in [6, 6.07) is 36.7. The SMILES string of the molecule is O=P(Oc1ccccc1)(Oc1ccccc1)C(Nc1ccccc1O)c1ccc(F)c(Oc2ccccc2)c1. The molecule has 1 atom stereocenters. The predicted molar refractivity (Wildman–Crippen MR) is 149 cm³/mol. The highest BCUT2D eigenvalue weighted by molar-refractivity contribution is 7.55. The second-order valence-corrected chi connectivity index (χ2v) is 10.5. The lowest BCUT2D eigenvalue weighted by Crippen LogP contribution is -2.18. The van der Waals surface area contributed by atoms with Crippen molar-refractivity contribution >= 4 is 13.3 Å². The molecule has 6 nitrogen and oxygen atoms in total.